The number of hydrogen-bond donors (Lipinski definition) is 2. The molecule has 5 aliphatic rings. The monoisotopic (exact) mass is 748 g/mol. The highest BCUT2D eigenvalue weighted by molar-refractivity contribution is 6.32. The van der Waals surface area contributed by atoms with Crippen LogP contribution in [-0.4, -0.2) is 105 Å². The van der Waals surface area contributed by atoms with Crippen LogP contribution in [0, 0.1) is 22.7 Å². The summed E-state index contributed by atoms with van der Waals surface area (Å²) in [7, 11) is 0. The molecule has 5 fully saturated rings. The Bertz CT molecular complexity index is 1930. The molecule has 1 unspecified atom stereocenters. The zero-order valence-corrected chi connectivity index (χ0v) is 31.7. The second kappa shape index (κ2) is 15.2. The summed E-state index contributed by atoms with van der Waals surface area (Å²) in [5.74, 6) is 0.140. The lowest BCUT2D eigenvalue weighted by atomic mass is 9.76. The summed E-state index contributed by atoms with van der Waals surface area (Å²) in [5, 5.41) is 15.5. The van der Waals surface area contributed by atoms with E-state index in [9.17, 15) is 19.6 Å². The largest absolute Gasteiger partial charge is 0.374 e. The van der Waals surface area contributed by atoms with Crippen LogP contribution in [0.25, 0.3) is 0 Å². The number of nitrogens with one attached hydrogen (secondary N) is 2. The van der Waals surface area contributed by atoms with Crippen LogP contribution in [0.15, 0.2) is 66.7 Å². The first-order valence-electron chi connectivity index (χ1n) is 19.4. The van der Waals surface area contributed by atoms with Crippen LogP contribution in [0.2, 0.25) is 5.02 Å². The van der Waals surface area contributed by atoms with E-state index < -0.39 is 6.04 Å². The molecule has 1 spiro atoms. The van der Waals surface area contributed by atoms with E-state index >= 15 is 0 Å². The zero-order chi connectivity index (χ0) is 37.4. The molecule has 0 saturated carbocycles. The van der Waals surface area contributed by atoms with Crippen molar-refractivity contribution in [3.63, 3.8) is 0 Å². The summed E-state index contributed by atoms with van der Waals surface area (Å²) in [6, 6.07) is 24.4. The molecule has 54 heavy (non-hydrogen) atoms. The van der Waals surface area contributed by atoms with E-state index in [0.29, 0.717) is 35.4 Å². The number of benzene rings is 3. The minimum atomic E-state index is -0.394. The fourth-order valence-electron chi connectivity index (χ4n) is 9.27. The number of carbonyl (C=O) groups excluding carboxylic acids is 3. The number of nitriles is 1. The third-order valence-corrected chi connectivity index (χ3v) is 12.7. The van der Waals surface area contributed by atoms with Gasteiger partial charge in [-0.15, -0.1) is 0 Å². The van der Waals surface area contributed by atoms with E-state index in [1.807, 2.05) is 47.4 Å². The third-order valence-electron chi connectivity index (χ3n) is 12.4. The maximum atomic E-state index is 13.4. The van der Waals surface area contributed by atoms with Crippen molar-refractivity contribution in [3.8, 4) is 6.07 Å². The zero-order valence-electron chi connectivity index (χ0n) is 31.0. The molecular weight excluding hydrogens is 700 g/mol. The van der Waals surface area contributed by atoms with Crippen molar-refractivity contribution < 1.29 is 14.4 Å². The maximum absolute atomic E-state index is 13.4. The van der Waals surface area contributed by atoms with Crippen molar-refractivity contribution >= 4 is 52.1 Å². The van der Waals surface area contributed by atoms with E-state index in [2.05, 4.69) is 67.5 Å². The van der Waals surface area contributed by atoms with Gasteiger partial charge in [0.05, 0.1) is 10.6 Å². The summed E-state index contributed by atoms with van der Waals surface area (Å²) in [6.45, 7) is 11.7. The molecule has 282 valence electrons. The number of amides is 3. The number of imide groups is 1. The smallest absolute Gasteiger partial charge is 0.253 e. The van der Waals surface area contributed by atoms with Crippen molar-refractivity contribution in [1.82, 2.24) is 15.1 Å². The molecule has 5 saturated heterocycles. The van der Waals surface area contributed by atoms with Gasteiger partial charge in [-0.05, 0) is 98.7 Å². The Morgan fingerprint density at radius 3 is 2.35 bits per heavy atom. The average molecular weight is 749 g/mol. The van der Waals surface area contributed by atoms with Crippen LogP contribution in [-0.2, 0) is 9.59 Å². The lowest BCUT2D eigenvalue weighted by Crippen LogP contribution is -2.56. The molecule has 5 aliphatic heterocycles. The normalized spacial score (nSPS) is 23.3. The maximum Gasteiger partial charge on any atom is 0.253 e. The van der Waals surface area contributed by atoms with Gasteiger partial charge in [-0.2, -0.15) is 5.26 Å². The predicted octanol–water partition coefficient (Wildman–Crippen LogP) is 5.21. The Labute approximate surface area is 322 Å². The van der Waals surface area contributed by atoms with Crippen molar-refractivity contribution in [2.75, 3.05) is 85.5 Å². The fourth-order valence-corrected chi connectivity index (χ4v) is 9.48. The molecule has 8 rings (SSSR count). The van der Waals surface area contributed by atoms with Crippen molar-refractivity contribution in [2.45, 2.75) is 51.1 Å². The van der Waals surface area contributed by atoms with Crippen LogP contribution in [0.4, 0.5) is 22.7 Å². The third kappa shape index (κ3) is 7.59. The first kappa shape index (κ1) is 36.2. The molecule has 11 nitrogen and oxygen atoms in total. The standard InChI is InChI=1S/C42H49ClN8O3/c1-29-23-42(28-51(29)36-10-7-32(24-44)37(43)22-36)13-15-48(16-14-42)34-8-5-31(6-9-34)41(54)50-26-30(27-50)25-47-17-19-49(20-18-47)35-4-2-3-33(21-35)45-38-11-12-39(52)46-40(38)53/h2-10,21-22,29-30,38,45H,11-20,23,25-28H2,1H3,(H,46,52,53)/t29-,38?/m0/s1. The Balaban J connectivity index is 0.764. The van der Waals surface area contributed by atoms with Gasteiger partial charge in [0.15, 0.2) is 0 Å². The number of likely N-dealkylation sites (tertiary alicyclic amines) is 1. The number of piperazine rings is 1. The van der Waals surface area contributed by atoms with Crippen LogP contribution < -0.4 is 25.3 Å². The van der Waals surface area contributed by atoms with Gasteiger partial charge >= 0.3 is 0 Å². The molecule has 3 amide bonds. The second-order valence-corrected chi connectivity index (χ2v) is 16.5. The van der Waals surface area contributed by atoms with E-state index in [1.54, 1.807) is 0 Å². The van der Waals surface area contributed by atoms with Gasteiger partial charge in [0.25, 0.3) is 5.91 Å². The van der Waals surface area contributed by atoms with Gasteiger partial charge in [-0.25, -0.2) is 0 Å². The number of piperidine rings is 2. The Morgan fingerprint density at radius 2 is 1.65 bits per heavy atom. The van der Waals surface area contributed by atoms with Gasteiger partial charge in [-0.3, -0.25) is 24.6 Å². The van der Waals surface area contributed by atoms with Crippen LogP contribution in [0.1, 0.15) is 54.9 Å². The molecule has 5 heterocycles. The number of hydrogen-bond acceptors (Lipinski definition) is 9. The molecule has 3 aromatic carbocycles. The topological polar surface area (TPSA) is 115 Å². The Morgan fingerprint density at radius 1 is 0.926 bits per heavy atom. The highest BCUT2D eigenvalue weighted by Crippen LogP contribution is 2.46. The van der Waals surface area contributed by atoms with Gasteiger partial charge in [0.2, 0.25) is 11.8 Å². The van der Waals surface area contributed by atoms with E-state index in [-0.39, 0.29) is 23.1 Å². The fraction of sp³-hybridized carbons (Fsp3) is 0.476. The molecular formula is C42H49ClN8O3. The van der Waals surface area contributed by atoms with Crippen LogP contribution >= 0.6 is 11.6 Å². The van der Waals surface area contributed by atoms with Crippen LogP contribution in [0.5, 0.6) is 0 Å². The Hall–Kier alpha value is -4.79. The summed E-state index contributed by atoms with van der Waals surface area (Å²) in [5.41, 5.74) is 5.85. The molecule has 0 aromatic heterocycles. The van der Waals surface area contributed by atoms with E-state index in [4.69, 9.17) is 11.6 Å². The highest BCUT2D eigenvalue weighted by atomic mass is 35.5. The summed E-state index contributed by atoms with van der Waals surface area (Å²) in [6.07, 6.45) is 4.26. The molecule has 3 aromatic rings. The molecule has 0 aliphatic carbocycles. The van der Waals surface area contributed by atoms with Crippen molar-refractivity contribution in [2.24, 2.45) is 11.3 Å². The molecule has 0 bridgehead atoms. The molecule has 2 N–H and O–H groups in total. The quantitative estimate of drug-likeness (QED) is 0.300. The van der Waals surface area contributed by atoms with Gasteiger partial charge in [0.1, 0.15) is 12.1 Å². The van der Waals surface area contributed by atoms with Gasteiger partial charge < -0.3 is 24.9 Å². The number of halogens is 1. The lowest BCUT2D eigenvalue weighted by Gasteiger charge is -2.44. The molecule has 2 atom stereocenters. The second-order valence-electron chi connectivity index (χ2n) is 16.1. The minimum Gasteiger partial charge on any atom is -0.374 e. The summed E-state index contributed by atoms with van der Waals surface area (Å²) in [4.78, 5) is 48.9. The molecule has 0 radical (unpaired) electrons. The SMILES string of the molecule is C[C@H]1CC2(CCN(c3ccc(C(=O)N4CC(CN5CCN(c6cccc(NC7CCC(=O)NC7=O)c6)CC5)C4)cc3)CC2)CN1c1ccc(C#N)c(Cl)c1. The minimum absolute atomic E-state index is 0.119. The first-order chi connectivity index (χ1) is 26.1. The molecule has 12 heteroatoms. The van der Waals surface area contributed by atoms with E-state index in [1.165, 1.54) is 5.69 Å². The first-order valence-corrected chi connectivity index (χ1v) is 19.8. The summed E-state index contributed by atoms with van der Waals surface area (Å²) >= 11 is 6.37. The van der Waals surface area contributed by atoms with E-state index in [0.717, 1.165) is 107 Å². The number of rotatable bonds is 8. The average Bonchev–Trinajstić information content (AvgIpc) is 3.49. The lowest BCUT2D eigenvalue weighted by molar-refractivity contribution is -0.133. The van der Waals surface area contributed by atoms with Crippen molar-refractivity contribution in [1.29, 1.82) is 5.26 Å². The van der Waals surface area contributed by atoms with Crippen molar-refractivity contribution in [3.05, 3.63) is 82.9 Å². The highest BCUT2D eigenvalue weighted by Gasteiger charge is 2.44. The number of nitrogens with zero attached hydrogens (tertiary/aromatic N) is 6. The predicted molar refractivity (Wildman–Crippen MR) is 212 cm³/mol. The van der Waals surface area contributed by atoms with Crippen LogP contribution in [0.3, 0.4) is 0 Å². The Kier molecular flexibility index (Phi) is 10.2. The van der Waals surface area contributed by atoms with Gasteiger partial charge in [0, 0.05) is 112 Å². The summed E-state index contributed by atoms with van der Waals surface area (Å²) < 4.78 is 0. The number of anilines is 4. The number of carbonyl (C=O) groups is 3. The van der Waals surface area contributed by atoms with Gasteiger partial charge in [-0.1, -0.05) is 17.7 Å².